The maximum absolute atomic E-state index is 12.7. The average molecular weight is 325 g/mol. The highest BCUT2D eigenvalue weighted by Crippen LogP contribution is 2.17. The quantitative estimate of drug-likeness (QED) is 0.866. The highest BCUT2D eigenvalue weighted by atomic mass is 16.5. The van der Waals surface area contributed by atoms with Gasteiger partial charge in [-0.2, -0.15) is 0 Å². The monoisotopic (exact) mass is 325 g/mol. The molecule has 24 heavy (non-hydrogen) atoms. The zero-order valence-electron chi connectivity index (χ0n) is 14.0. The lowest BCUT2D eigenvalue weighted by Gasteiger charge is -2.21. The van der Waals surface area contributed by atoms with Crippen LogP contribution in [-0.2, 0) is 6.61 Å². The minimum absolute atomic E-state index is 0.0807. The number of ether oxygens (including phenoxy) is 1. The lowest BCUT2D eigenvalue weighted by molar-refractivity contribution is 0.0762. The van der Waals surface area contributed by atoms with Crippen LogP contribution in [-0.4, -0.2) is 53.9 Å². The number of benzene rings is 1. The standard InChI is InChI=1S/C19H23N3O2/c1-21-9-4-10-22(12-11-21)19(23)17-6-2-7-18(13-17)24-15-16-5-3-8-20-14-16/h2-3,5-8,13-14H,4,9-12,15H2,1H3. The van der Waals surface area contributed by atoms with Crippen LogP contribution in [0.1, 0.15) is 22.3 Å². The zero-order valence-corrected chi connectivity index (χ0v) is 14.0. The number of carbonyl (C=O) groups is 1. The Bertz CT molecular complexity index is 675. The molecular weight excluding hydrogens is 302 g/mol. The summed E-state index contributed by atoms with van der Waals surface area (Å²) in [4.78, 5) is 21.0. The molecule has 0 unspecified atom stereocenters. The topological polar surface area (TPSA) is 45.7 Å². The number of nitrogens with zero attached hydrogens (tertiary/aromatic N) is 3. The summed E-state index contributed by atoms with van der Waals surface area (Å²) in [6.07, 6.45) is 4.53. The second-order valence-corrected chi connectivity index (χ2v) is 6.13. The van der Waals surface area contributed by atoms with E-state index in [1.165, 1.54) is 0 Å². The summed E-state index contributed by atoms with van der Waals surface area (Å²) in [7, 11) is 2.10. The van der Waals surface area contributed by atoms with Gasteiger partial charge in [0.15, 0.2) is 0 Å². The molecule has 1 aliphatic heterocycles. The first-order valence-electron chi connectivity index (χ1n) is 8.32. The van der Waals surface area contributed by atoms with Gasteiger partial charge >= 0.3 is 0 Å². The Morgan fingerprint density at radius 3 is 2.92 bits per heavy atom. The molecule has 0 atom stereocenters. The predicted octanol–water partition coefficient (Wildman–Crippen LogP) is 2.44. The van der Waals surface area contributed by atoms with Crippen molar-refractivity contribution in [3.05, 3.63) is 59.9 Å². The summed E-state index contributed by atoms with van der Waals surface area (Å²) in [5.41, 5.74) is 1.69. The summed E-state index contributed by atoms with van der Waals surface area (Å²) in [5, 5.41) is 0. The van der Waals surface area contributed by atoms with Gasteiger partial charge in [0.25, 0.3) is 5.91 Å². The molecule has 1 aliphatic rings. The van der Waals surface area contributed by atoms with E-state index in [2.05, 4.69) is 16.9 Å². The van der Waals surface area contributed by atoms with Crippen LogP contribution in [0, 0.1) is 0 Å². The van der Waals surface area contributed by atoms with E-state index < -0.39 is 0 Å². The van der Waals surface area contributed by atoms with Crippen LogP contribution in [0.4, 0.5) is 0 Å². The van der Waals surface area contributed by atoms with Crippen LogP contribution in [0.2, 0.25) is 0 Å². The molecular formula is C19H23N3O2. The van der Waals surface area contributed by atoms with Gasteiger partial charge in [0.2, 0.25) is 0 Å². The number of pyridine rings is 1. The number of hydrogen-bond donors (Lipinski definition) is 0. The van der Waals surface area contributed by atoms with E-state index in [4.69, 9.17) is 4.74 Å². The number of rotatable bonds is 4. The molecule has 1 aromatic heterocycles. The van der Waals surface area contributed by atoms with E-state index in [0.29, 0.717) is 17.9 Å². The Morgan fingerprint density at radius 1 is 1.17 bits per heavy atom. The highest BCUT2D eigenvalue weighted by molar-refractivity contribution is 5.94. The van der Waals surface area contributed by atoms with E-state index in [1.807, 2.05) is 41.3 Å². The van der Waals surface area contributed by atoms with Gasteiger partial charge < -0.3 is 14.5 Å². The Balaban J connectivity index is 1.64. The molecule has 1 fully saturated rings. The van der Waals surface area contributed by atoms with Crippen molar-refractivity contribution in [2.75, 3.05) is 33.2 Å². The molecule has 5 heteroatoms. The molecule has 3 rings (SSSR count). The van der Waals surface area contributed by atoms with E-state index in [1.54, 1.807) is 12.4 Å². The Hall–Kier alpha value is -2.40. The molecule has 0 radical (unpaired) electrons. The van der Waals surface area contributed by atoms with Gasteiger partial charge in [-0.25, -0.2) is 0 Å². The second kappa shape index (κ2) is 7.93. The minimum Gasteiger partial charge on any atom is -0.489 e. The molecule has 2 heterocycles. The fourth-order valence-electron chi connectivity index (χ4n) is 2.80. The highest BCUT2D eigenvalue weighted by Gasteiger charge is 2.19. The molecule has 0 saturated carbocycles. The molecule has 0 bridgehead atoms. The zero-order chi connectivity index (χ0) is 16.8. The first-order chi connectivity index (χ1) is 11.7. The van der Waals surface area contributed by atoms with E-state index in [0.717, 1.165) is 38.2 Å². The van der Waals surface area contributed by atoms with Crippen LogP contribution in [0.3, 0.4) is 0 Å². The van der Waals surface area contributed by atoms with Gasteiger partial charge in [-0.15, -0.1) is 0 Å². The summed E-state index contributed by atoms with van der Waals surface area (Å²) >= 11 is 0. The van der Waals surface area contributed by atoms with Crippen molar-refractivity contribution in [1.29, 1.82) is 0 Å². The summed E-state index contributed by atoms with van der Waals surface area (Å²) in [6, 6.07) is 11.3. The lowest BCUT2D eigenvalue weighted by atomic mass is 10.2. The van der Waals surface area contributed by atoms with Gasteiger partial charge in [0.1, 0.15) is 12.4 Å². The van der Waals surface area contributed by atoms with E-state index in [-0.39, 0.29) is 5.91 Å². The largest absolute Gasteiger partial charge is 0.489 e. The molecule has 0 aliphatic carbocycles. The maximum atomic E-state index is 12.7. The van der Waals surface area contributed by atoms with Crippen molar-refractivity contribution in [1.82, 2.24) is 14.8 Å². The van der Waals surface area contributed by atoms with Gasteiger partial charge in [0, 0.05) is 43.2 Å². The van der Waals surface area contributed by atoms with Gasteiger partial charge in [-0.1, -0.05) is 12.1 Å². The third kappa shape index (κ3) is 4.32. The molecule has 0 spiro atoms. The van der Waals surface area contributed by atoms with Gasteiger partial charge in [-0.05, 0) is 44.3 Å². The summed E-state index contributed by atoms with van der Waals surface area (Å²) in [5.74, 6) is 0.786. The van der Waals surface area contributed by atoms with Gasteiger partial charge in [0.05, 0.1) is 0 Å². The van der Waals surface area contributed by atoms with Crippen LogP contribution in [0.5, 0.6) is 5.75 Å². The Kier molecular flexibility index (Phi) is 5.43. The van der Waals surface area contributed by atoms with E-state index >= 15 is 0 Å². The molecule has 0 N–H and O–H groups in total. The molecule has 2 aromatic rings. The third-order valence-corrected chi connectivity index (χ3v) is 4.22. The van der Waals surface area contributed by atoms with Crippen molar-refractivity contribution in [3.63, 3.8) is 0 Å². The third-order valence-electron chi connectivity index (χ3n) is 4.22. The number of likely N-dealkylation sites (N-methyl/N-ethyl adjacent to an activating group) is 1. The van der Waals surface area contributed by atoms with Gasteiger partial charge in [-0.3, -0.25) is 9.78 Å². The van der Waals surface area contributed by atoms with Crippen LogP contribution in [0.15, 0.2) is 48.8 Å². The molecule has 126 valence electrons. The number of hydrogen-bond acceptors (Lipinski definition) is 4. The van der Waals surface area contributed by atoms with Crippen LogP contribution >= 0.6 is 0 Å². The minimum atomic E-state index is 0.0807. The van der Waals surface area contributed by atoms with E-state index in [9.17, 15) is 4.79 Å². The number of amides is 1. The molecule has 1 amide bonds. The normalized spacial score (nSPS) is 15.8. The smallest absolute Gasteiger partial charge is 0.254 e. The van der Waals surface area contributed by atoms with Crippen LogP contribution < -0.4 is 4.74 Å². The van der Waals surface area contributed by atoms with Crippen molar-refractivity contribution in [3.8, 4) is 5.75 Å². The maximum Gasteiger partial charge on any atom is 0.254 e. The average Bonchev–Trinajstić information content (AvgIpc) is 2.85. The fourth-order valence-corrected chi connectivity index (χ4v) is 2.80. The van der Waals surface area contributed by atoms with Crippen molar-refractivity contribution < 1.29 is 9.53 Å². The number of aromatic nitrogens is 1. The molecule has 1 saturated heterocycles. The molecule has 5 nitrogen and oxygen atoms in total. The van der Waals surface area contributed by atoms with Crippen LogP contribution in [0.25, 0.3) is 0 Å². The van der Waals surface area contributed by atoms with Crippen molar-refractivity contribution in [2.45, 2.75) is 13.0 Å². The fraction of sp³-hybridized carbons (Fsp3) is 0.368. The second-order valence-electron chi connectivity index (χ2n) is 6.13. The first kappa shape index (κ1) is 16.5. The summed E-state index contributed by atoms with van der Waals surface area (Å²) in [6.45, 7) is 3.99. The molecule has 1 aromatic carbocycles. The SMILES string of the molecule is CN1CCCN(C(=O)c2cccc(OCc3cccnc3)c2)CC1. The number of carbonyl (C=O) groups excluding carboxylic acids is 1. The lowest BCUT2D eigenvalue weighted by Crippen LogP contribution is -2.34. The predicted molar refractivity (Wildman–Crippen MR) is 93.0 cm³/mol. The Morgan fingerprint density at radius 2 is 2.08 bits per heavy atom. The van der Waals surface area contributed by atoms with Crippen molar-refractivity contribution in [2.24, 2.45) is 0 Å². The van der Waals surface area contributed by atoms with Crippen molar-refractivity contribution >= 4 is 5.91 Å². The summed E-state index contributed by atoms with van der Waals surface area (Å²) < 4.78 is 5.79. The Labute approximate surface area is 142 Å². The first-order valence-corrected chi connectivity index (χ1v) is 8.32.